The Morgan fingerprint density at radius 3 is 2.41 bits per heavy atom. The zero-order valence-electron chi connectivity index (χ0n) is 20.4. The van der Waals surface area contributed by atoms with Crippen molar-refractivity contribution in [3.63, 3.8) is 0 Å². The van der Waals surface area contributed by atoms with Gasteiger partial charge >= 0.3 is 11.8 Å². The molecular weight excluding hydrogens is 531 g/mol. The minimum absolute atomic E-state index is 0. The highest BCUT2D eigenvalue weighted by atomic mass is 35.5. The van der Waals surface area contributed by atoms with Crippen molar-refractivity contribution in [3.8, 4) is 18.4 Å². The van der Waals surface area contributed by atoms with Gasteiger partial charge < -0.3 is 0 Å². The lowest BCUT2D eigenvalue weighted by atomic mass is 9.91. The average Bonchev–Trinajstić information content (AvgIpc) is 3.66. The molecule has 8 nitrogen and oxygen atoms in total. The highest BCUT2D eigenvalue weighted by Gasteiger charge is 2.65. The lowest BCUT2D eigenvalue weighted by molar-refractivity contribution is -0.166. The van der Waals surface area contributed by atoms with Crippen LogP contribution in [-0.4, -0.2) is 38.8 Å². The average molecular weight is 552 g/mol. The van der Waals surface area contributed by atoms with E-state index in [1.807, 2.05) is 0 Å². The second-order valence-corrected chi connectivity index (χ2v) is 9.58. The molecule has 0 bridgehead atoms. The molecule has 0 spiro atoms. The lowest BCUT2D eigenvalue weighted by Gasteiger charge is -2.31. The molecule has 1 fully saturated rings. The molecule has 0 radical (unpaired) electrons. The monoisotopic (exact) mass is 551 g/mol. The summed E-state index contributed by atoms with van der Waals surface area (Å²) in [5.74, 6) is 2.54. The number of nitriles is 1. The second-order valence-electron chi connectivity index (χ2n) is 9.58. The number of alkyl halides is 3. The van der Waals surface area contributed by atoms with Gasteiger partial charge in [0.2, 0.25) is 0 Å². The summed E-state index contributed by atoms with van der Waals surface area (Å²) in [6.45, 7) is 2.03. The Morgan fingerprint density at radius 2 is 1.82 bits per heavy atom. The quantitative estimate of drug-likeness (QED) is 0.360. The number of likely N-dealkylation sites (tertiary alicyclic amines) is 1. The zero-order valence-corrected chi connectivity index (χ0v) is 21.2. The Morgan fingerprint density at radius 1 is 1.13 bits per heavy atom. The van der Waals surface area contributed by atoms with Gasteiger partial charge in [0.25, 0.3) is 5.56 Å². The SMILES string of the molecule is C#Cc1ccc2nc3c(C#N)c(C4CCN(Cc5ccc(C6(C(F)(F)F)N=N6)cc5)CC4)[nH]n3c(=O)c2c1.Cl. The smallest absolute Gasteiger partial charge is 0.299 e. The van der Waals surface area contributed by atoms with Gasteiger partial charge in [-0.05, 0) is 49.7 Å². The Bertz CT molecular complexity index is 1750. The zero-order chi connectivity index (χ0) is 26.7. The molecular formula is C27H21ClF3N7O. The molecule has 0 saturated carbocycles. The molecule has 1 N–H and O–H groups in total. The Balaban J connectivity index is 0.00000308. The van der Waals surface area contributed by atoms with Crippen LogP contribution >= 0.6 is 12.4 Å². The van der Waals surface area contributed by atoms with Crippen molar-refractivity contribution in [3.05, 3.63) is 80.8 Å². The van der Waals surface area contributed by atoms with Crippen LogP contribution in [0.15, 0.2) is 57.5 Å². The fraction of sp³-hybridized carbons (Fsp3) is 0.296. The maximum atomic E-state index is 13.2. The summed E-state index contributed by atoms with van der Waals surface area (Å²) in [5, 5.41) is 19.9. The van der Waals surface area contributed by atoms with E-state index < -0.39 is 11.8 Å². The number of fused-ring (bicyclic) bond motifs is 2. The number of hydrogen-bond acceptors (Lipinski definition) is 6. The molecule has 0 unspecified atom stereocenters. The maximum Gasteiger partial charge on any atom is 0.442 e. The first-order chi connectivity index (χ1) is 18.2. The number of nitrogens with zero attached hydrogens (tertiary/aromatic N) is 6. The van der Waals surface area contributed by atoms with Crippen molar-refractivity contribution in [2.45, 2.75) is 37.1 Å². The van der Waals surface area contributed by atoms with Gasteiger partial charge in [0.1, 0.15) is 11.6 Å². The molecule has 6 rings (SSSR count). The van der Waals surface area contributed by atoms with Crippen LogP contribution in [-0.2, 0) is 12.2 Å². The summed E-state index contributed by atoms with van der Waals surface area (Å²) in [6, 6.07) is 13.4. The fourth-order valence-electron chi connectivity index (χ4n) is 5.17. The predicted molar refractivity (Wildman–Crippen MR) is 139 cm³/mol. The lowest BCUT2D eigenvalue weighted by Crippen LogP contribution is -2.33. The molecule has 1 saturated heterocycles. The van der Waals surface area contributed by atoms with Crippen LogP contribution in [0.25, 0.3) is 16.6 Å². The van der Waals surface area contributed by atoms with E-state index in [0.717, 1.165) is 31.5 Å². The van der Waals surface area contributed by atoms with Crippen LogP contribution in [0.2, 0.25) is 0 Å². The Labute approximate surface area is 226 Å². The Hall–Kier alpha value is -4.19. The number of benzene rings is 2. The van der Waals surface area contributed by atoms with E-state index >= 15 is 0 Å². The van der Waals surface area contributed by atoms with Gasteiger partial charge in [-0.1, -0.05) is 30.2 Å². The van der Waals surface area contributed by atoms with E-state index in [4.69, 9.17) is 6.42 Å². The maximum absolute atomic E-state index is 13.2. The van der Waals surface area contributed by atoms with Crippen molar-refractivity contribution in [1.82, 2.24) is 19.5 Å². The molecule has 39 heavy (non-hydrogen) atoms. The van der Waals surface area contributed by atoms with E-state index in [1.165, 1.54) is 16.6 Å². The number of aromatic nitrogens is 3. The number of piperidine rings is 1. The largest absolute Gasteiger partial charge is 0.442 e. The minimum Gasteiger partial charge on any atom is -0.299 e. The number of aromatic amines is 1. The van der Waals surface area contributed by atoms with Crippen LogP contribution in [0, 0.1) is 23.7 Å². The third-order valence-corrected chi connectivity index (χ3v) is 7.33. The van der Waals surface area contributed by atoms with Crippen LogP contribution in [0.3, 0.4) is 0 Å². The van der Waals surface area contributed by atoms with Crippen LogP contribution < -0.4 is 5.56 Å². The molecule has 4 heterocycles. The van der Waals surface area contributed by atoms with Gasteiger partial charge in [0, 0.05) is 23.6 Å². The number of rotatable bonds is 4. The summed E-state index contributed by atoms with van der Waals surface area (Å²) in [7, 11) is 0. The first-order valence-electron chi connectivity index (χ1n) is 12.0. The molecule has 12 heteroatoms. The van der Waals surface area contributed by atoms with Crippen LogP contribution in [0.4, 0.5) is 13.2 Å². The third-order valence-electron chi connectivity index (χ3n) is 7.33. The molecule has 2 aromatic carbocycles. The van der Waals surface area contributed by atoms with Crippen molar-refractivity contribution >= 4 is 29.0 Å². The normalized spacial score (nSPS) is 17.1. The Kier molecular flexibility index (Phi) is 6.45. The molecule has 2 aliphatic rings. The predicted octanol–water partition coefficient (Wildman–Crippen LogP) is 5.01. The number of halogens is 4. The van der Waals surface area contributed by atoms with E-state index in [-0.39, 0.29) is 29.4 Å². The summed E-state index contributed by atoms with van der Waals surface area (Å²) in [6.07, 6.45) is 2.41. The van der Waals surface area contributed by atoms with Crippen LogP contribution in [0.5, 0.6) is 0 Å². The molecule has 2 aliphatic heterocycles. The van der Waals surface area contributed by atoms with Crippen LogP contribution in [0.1, 0.15) is 46.7 Å². The summed E-state index contributed by atoms with van der Waals surface area (Å²) < 4.78 is 41.0. The highest BCUT2D eigenvalue weighted by Crippen LogP contribution is 2.52. The molecule has 4 aromatic rings. The van der Waals surface area contributed by atoms with Crippen molar-refractivity contribution in [2.24, 2.45) is 10.2 Å². The summed E-state index contributed by atoms with van der Waals surface area (Å²) in [5.41, 5.74) is 0.562. The van der Waals surface area contributed by atoms with Crippen molar-refractivity contribution in [1.29, 1.82) is 5.26 Å². The van der Waals surface area contributed by atoms with E-state index in [2.05, 4.69) is 37.2 Å². The number of hydrogen-bond donors (Lipinski definition) is 1. The van der Waals surface area contributed by atoms with E-state index in [1.54, 1.807) is 30.3 Å². The number of H-pyrrole nitrogens is 1. The fourth-order valence-corrected chi connectivity index (χ4v) is 5.17. The third kappa shape index (κ3) is 4.34. The van der Waals surface area contributed by atoms with Crippen molar-refractivity contribution in [2.75, 3.05) is 13.1 Å². The van der Waals surface area contributed by atoms with Gasteiger partial charge in [-0.2, -0.15) is 22.9 Å². The molecule has 0 amide bonds. The molecule has 0 aliphatic carbocycles. The van der Waals surface area contributed by atoms with Gasteiger partial charge in [0.05, 0.1) is 16.6 Å². The summed E-state index contributed by atoms with van der Waals surface area (Å²) >= 11 is 0. The first kappa shape index (κ1) is 26.4. The van der Waals surface area contributed by atoms with Gasteiger partial charge in [0.15, 0.2) is 5.65 Å². The highest BCUT2D eigenvalue weighted by molar-refractivity contribution is 5.85. The molecule has 2 aromatic heterocycles. The molecule has 198 valence electrons. The molecule has 0 atom stereocenters. The summed E-state index contributed by atoms with van der Waals surface area (Å²) in [4.78, 5) is 19.9. The second kappa shape index (κ2) is 9.53. The number of nitrogens with one attached hydrogen (secondary N) is 1. The first-order valence-corrected chi connectivity index (χ1v) is 12.0. The van der Waals surface area contributed by atoms with E-state index in [0.29, 0.717) is 39.9 Å². The van der Waals surface area contributed by atoms with Gasteiger partial charge in [-0.3, -0.25) is 14.8 Å². The number of terminal acetylenes is 1. The van der Waals surface area contributed by atoms with E-state index in [9.17, 15) is 23.2 Å². The van der Waals surface area contributed by atoms with Gasteiger partial charge in [-0.25, -0.2) is 4.98 Å². The standard InChI is InChI=1S/C27H20F3N7O.ClH/c1-2-16-5-8-22-20(13-16)25(38)37-24(32-22)21(14-31)23(33-37)18-9-11-36(12-10-18)15-17-3-6-19(7-4-17)26(34-35-26)27(28,29)30;/h1,3-8,13,18,33H,9-12,15H2;1H. The van der Waals surface area contributed by atoms with Crippen molar-refractivity contribution < 1.29 is 13.2 Å². The van der Waals surface area contributed by atoms with Gasteiger partial charge in [-0.15, -0.1) is 29.1 Å². The minimum atomic E-state index is -4.54. The topological polar surface area (TPSA) is 102 Å².